The Bertz CT molecular complexity index is 425. The summed E-state index contributed by atoms with van der Waals surface area (Å²) in [5.41, 5.74) is 1.03. The van der Waals surface area contributed by atoms with Gasteiger partial charge >= 0.3 is 6.09 Å². The zero-order valence-corrected chi connectivity index (χ0v) is 11.0. The first-order valence-electron chi connectivity index (χ1n) is 7.00. The van der Waals surface area contributed by atoms with Gasteiger partial charge in [-0.15, -0.1) is 0 Å². The molecule has 1 aromatic rings. The van der Waals surface area contributed by atoms with Gasteiger partial charge in [0.05, 0.1) is 0 Å². The van der Waals surface area contributed by atoms with Crippen LogP contribution in [-0.2, 0) is 11.3 Å². The summed E-state index contributed by atoms with van der Waals surface area (Å²) in [5.74, 6) is 0.888. The average Bonchev–Trinajstić information content (AvgIpc) is 3.20. The van der Waals surface area contributed by atoms with Crippen LogP contribution in [0, 0.1) is 5.92 Å². The lowest BCUT2D eigenvalue weighted by molar-refractivity contribution is 0.0602. The second-order valence-corrected chi connectivity index (χ2v) is 5.49. The van der Waals surface area contributed by atoms with Gasteiger partial charge in [0.2, 0.25) is 0 Å². The van der Waals surface area contributed by atoms with Crippen molar-refractivity contribution in [3.05, 3.63) is 35.9 Å². The van der Waals surface area contributed by atoms with E-state index in [9.17, 15) is 4.79 Å². The molecule has 0 spiro atoms. The highest BCUT2D eigenvalue weighted by molar-refractivity contribution is 5.68. The Kier molecular flexibility index (Phi) is 3.69. The van der Waals surface area contributed by atoms with E-state index < -0.39 is 0 Å². The van der Waals surface area contributed by atoms with Crippen molar-refractivity contribution in [2.45, 2.75) is 25.5 Å². The van der Waals surface area contributed by atoms with Crippen LogP contribution in [0.15, 0.2) is 30.3 Å². The normalized spacial score (nSPS) is 19.1. The van der Waals surface area contributed by atoms with Gasteiger partial charge in [-0.3, -0.25) is 0 Å². The fourth-order valence-electron chi connectivity index (χ4n) is 2.22. The summed E-state index contributed by atoms with van der Waals surface area (Å²) in [4.78, 5) is 13.5. The van der Waals surface area contributed by atoms with Gasteiger partial charge in [0, 0.05) is 19.1 Å². The quantitative estimate of drug-likeness (QED) is 0.880. The number of hydrogen-bond donors (Lipinski definition) is 1. The monoisotopic (exact) mass is 260 g/mol. The molecule has 1 saturated heterocycles. The summed E-state index contributed by atoms with van der Waals surface area (Å²) in [5, 5.41) is 3.49. The number of hydrogen-bond acceptors (Lipinski definition) is 3. The molecule has 0 bridgehead atoms. The highest BCUT2D eigenvalue weighted by Crippen LogP contribution is 2.28. The number of rotatable bonds is 5. The van der Waals surface area contributed by atoms with Crippen molar-refractivity contribution in [1.82, 2.24) is 10.2 Å². The van der Waals surface area contributed by atoms with E-state index >= 15 is 0 Å². The Morgan fingerprint density at radius 3 is 2.68 bits per heavy atom. The number of likely N-dealkylation sites (tertiary alicyclic amines) is 1. The first-order chi connectivity index (χ1) is 9.31. The largest absolute Gasteiger partial charge is 0.445 e. The number of carbonyl (C=O) groups is 1. The topological polar surface area (TPSA) is 41.6 Å². The molecular weight excluding hydrogens is 240 g/mol. The lowest BCUT2D eigenvalue weighted by Crippen LogP contribution is -2.60. The Morgan fingerprint density at radius 2 is 2.00 bits per heavy atom. The minimum Gasteiger partial charge on any atom is -0.445 e. The molecule has 1 aliphatic heterocycles. The summed E-state index contributed by atoms with van der Waals surface area (Å²) in [6.45, 7) is 3.02. The molecule has 2 fully saturated rings. The molecule has 1 N–H and O–H groups in total. The van der Waals surface area contributed by atoms with Crippen LogP contribution in [0.3, 0.4) is 0 Å². The lowest BCUT2D eigenvalue weighted by atomic mass is 10.1. The highest BCUT2D eigenvalue weighted by Gasteiger charge is 2.32. The van der Waals surface area contributed by atoms with E-state index in [0.29, 0.717) is 12.6 Å². The molecule has 4 heteroatoms. The summed E-state index contributed by atoms with van der Waals surface area (Å²) in [7, 11) is 0. The smallest absolute Gasteiger partial charge is 0.410 e. The van der Waals surface area contributed by atoms with Gasteiger partial charge in [0.1, 0.15) is 6.61 Å². The third kappa shape index (κ3) is 3.47. The SMILES string of the molecule is O=C(OCc1ccccc1)N1CC(NCC2CC2)C1. The Balaban J connectivity index is 1.33. The van der Waals surface area contributed by atoms with Crippen LogP contribution in [0.25, 0.3) is 0 Å². The molecule has 2 aliphatic rings. The molecule has 102 valence electrons. The van der Waals surface area contributed by atoms with Gasteiger partial charge < -0.3 is 15.0 Å². The van der Waals surface area contributed by atoms with Crippen molar-refractivity contribution in [1.29, 1.82) is 0 Å². The Hall–Kier alpha value is -1.55. The summed E-state index contributed by atoms with van der Waals surface area (Å²) < 4.78 is 5.28. The molecule has 1 amide bonds. The zero-order valence-electron chi connectivity index (χ0n) is 11.0. The Morgan fingerprint density at radius 1 is 1.26 bits per heavy atom. The van der Waals surface area contributed by atoms with Gasteiger partial charge in [0.15, 0.2) is 0 Å². The van der Waals surface area contributed by atoms with Gasteiger partial charge in [-0.25, -0.2) is 4.79 Å². The number of nitrogens with one attached hydrogen (secondary N) is 1. The summed E-state index contributed by atoms with van der Waals surface area (Å²) in [6, 6.07) is 10.2. The second kappa shape index (κ2) is 5.61. The number of nitrogens with zero attached hydrogens (tertiary/aromatic N) is 1. The highest BCUT2D eigenvalue weighted by atomic mass is 16.6. The molecule has 19 heavy (non-hydrogen) atoms. The van der Waals surface area contributed by atoms with Crippen molar-refractivity contribution >= 4 is 6.09 Å². The van der Waals surface area contributed by atoms with Gasteiger partial charge in [-0.1, -0.05) is 30.3 Å². The van der Waals surface area contributed by atoms with Gasteiger partial charge in [-0.2, -0.15) is 0 Å². The third-order valence-corrected chi connectivity index (χ3v) is 3.74. The predicted molar refractivity (Wildman–Crippen MR) is 72.7 cm³/mol. The molecule has 0 atom stereocenters. The van der Waals surface area contributed by atoms with Gasteiger partial charge in [0.25, 0.3) is 0 Å². The van der Waals surface area contributed by atoms with Crippen molar-refractivity contribution < 1.29 is 9.53 Å². The average molecular weight is 260 g/mol. The first kappa shape index (κ1) is 12.5. The molecule has 4 nitrogen and oxygen atoms in total. The molecule has 3 rings (SSSR count). The zero-order chi connectivity index (χ0) is 13.1. The van der Waals surface area contributed by atoms with Crippen LogP contribution in [0.5, 0.6) is 0 Å². The molecule has 1 aromatic carbocycles. The van der Waals surface area contributed by atoms with Crippen LogP contribution in [0.4, 0.5) is 4.79 Å². The maximum atomic E-state index is 11.8. The molecule has 0 radical (unpaired) electrons. The summed E-state index contributed by atoms with van der Waals surface area (Å²) in [6.07, 6.45) is 2.53. The minimum atomic E-state index is -0.201. The first-order valence-corrected chi connectivity index (χ1v) is 7.00. The van der Waals surface area contributed by atoms with Crippen LogP contribution in [0.2, 0.25) is 0 Å². The van der Waals surface area contributed by atoms with Crippen LogP contribution in [-0.4, -0.2) is 36.7 Å². The van der Waals surface area contributed by atoms with E-state index in [4.69, 9.17) is 4.74 Å². The van der Waals surface area contributed by atoms with E-state index in [-0.39, 0.29) is 6.09 Å². The molecule has 1 heterocycles. The van der Waals surface area contributed by atoms with Gasteiger partial charge in [-0.05, 0) is 30.9 Å². The maximum Gasteiger partial charge on any atom is 0.410 e. The fourth-order valence-corrected chi connectivity index (χ4v) is 2.22. The fraction of sp³-hybridized carbons (Fsp3) is 0.533. The molecule has 1 saturated carbocycles. The van der Waals surface area contributed by atoms with Crippen molar-refractivity contribution in [2.24, 2.45) is 5.92 Å². The van der Waals surface area contributed by atoms with E-state index in [1.54, 1.807) is 4.90 Å². The van der Waals surface area contributed by atoms with Crippen LogP contribution >= 0.6 is 0 Å². The summed E-state index contributed by atoms with van der Waals surface area (Å²) >= 11 is 0. The van der Waals surface area contributed by atoms with E-state index in [1.165, 1.54) is 12.8 Å². The van der Waals surface area contributed by atoms with Crippen molar-refractivity contribution in [3.8, 4) is 0 Å². The van der Waals surface area contributed by atoms with Crippen LogP contribution < -0.4 is 5.32 Å². The predicted octanol–water partition coefficient (Wildman–Crippen LogP) is 2.01. The van der Waals surface area contributed by atoms with E-state index in [2.05, 4.69) is 5.32 Å². The lowest BCUT2D eigenvalue weighted by Gasteiger charge is -2.38. The van der Waals surface area contributed by atoms with E-state index in [0.717, 1.165) is 31.1 Å². The third-order valence-electron chi connectivity index (χ3n) is 3.74. The minimum absolute atomic E-state index is 0.201. The van der Waals surface area contributed by atoms with E-state index in [1.807, 2.05) is 30.3 Å². The Labute approximate surface area is 113 Å². The standard InChI is InChI=1S/C15H20N2O2/c18-15(19-11-13-4-2-1-3-5-13)17-9-14(10-17)16-8-12-6-7-12/h1-5,12,14,16H,6-11H2. The van der Waals surface area contributed by atoms with Crippen molar-refractivity contribution in [3.63, 3.8) is 0 Å². The molecule has 0 aromatic heterocycles. The number of amides is 1. The molecule has 0 unspecified atom stereocenters. The second-order valence-electron chi connectivity index (χ2n) is 5.49. The maximum absolute atomic E-state index is 11.8. The van der Waals surface area contributed by atoms with Crippen molar-refractivity contribution in [2.75, 3.05) is 19.6 Å². The number of carbonyl (C=O) groups excluding carboxylic acids is 1. The number of ether oxygens (including phenoxy) is 1. The molecule has 1 aliphatic carbocycles. The molecular formula is C15H20N2O2. The van der Waals surface area contributed by atoms with Crippen LogP contribution in [0.1, 0.15) is 18.4 Å². The number of benzene rings is 1.